The van der Waals surface area contributed by atoms with Gasteiger partial charge in [-0.2, -0.15) is 0 Å². The number of rotatable bonds is 5. The lowest BCUT2D eigenvalue weighted by molar-refractivity contribution is -0.117. The number of Topliss-reactive ketones (excluding diaryl/α,β-unsaturated/α-hetero) is 1. The highest BCUT2D eigenvalue weighted by molar-refractivity contribution is 5.79. The Balaban J connectivity index is 2.16. The zero-order chi connectivity index (χ0) is 19.0. The molecule has 0 spiro atoms. The van der Waals surface area contributed by atoms with Crippen LogP contribution in [0.5, 0.6) is 0 Å². The van der Waals surface area contributed by atoms with Crippen LogP contribution in [-0.4, -0.2) is 42.0 Å². The monoisotopic (exact) mass is 361 g/mol. The molecule has 0 aliphatic carbocycles. The molecule has 1 aliphatic heterocycles. The van der Waals surface area contributed by atoms with Crippen molar-refractivity contribution in [3.63, 3.8) is 0 Å². The van der Waals surface area contributed by atoms with Crippen LogP contribution in [0.4, 0.5) is 0 Å². The quantitative estimate of drug-likeness (QED) is 0.786. The Morgan fingerprint density at radius 1 is 1.19 bits per heavy atom. The minimum Gasteiger partial charge on any atom is -0.314 e. The molecule has 26 heavy (non-hydrogen) atoms. The summed E-state index contributed by atoms with van der Waals surface area (Å²) in [5.41, 5.74) is -0.149. The highest BCUT2D eigenvalue weighted by Crippen LogP contribution is 2.22. The SMILES string of the molecule is CCC1CCCCN1Cc1nc2c(c(=O)n(C)c(=O)n2C)n1CC(C)=O. The summed E-state index contributed by atoms with van der Waals surface area (Å²) >= 11 is 0. The summed E-state index contributed by atoms with van der Waals surface area (Å²) < 4.78 is 4.14. The maximum Gasteiger partial charge on any atom is 0.332 e. The van der Waals surface area contributed by atoms with E-state index in [0.29, 0.717) is 29.6 Å². The first-order valence-electron chi connectivity index (χ1n) is 9.23. The molecule has 3 rings (SSSR count). The number of imidazole rings is 1. The Kier molecular flexibility index (Phi) is 5.13. The molecule has 2 aromatic heterocycles. The molecule has 0 N–H and O–H groups in total. The number of hydrogen-bond donors (Lipinski definition) is 0. The maximum atomic E-state index is 12.7. The molecule has 0 saturated carbocycles. The van der Waals surface area contributed by atoms with E-state index >= 15 is 0 Å². The average Bonchev–Trinajstić information content (AvgIpc) is 2.96. The van der Waals surface area contributed by atoms with E-state index in [1.54, 1.807) is 11.6 Å². The Bertz CT molecular complexity index is 952. The second kappa shape index (κ2) is 7.19. The van der Waals surface area contributed by atoms with Crippen molar-refractivity contribution < 1.29 is 4.79 Å². The van der Waals surface area contributed by atoms with E-state index in [1.165, 1.54) is 25.0 Å². The zero-order valence-corrected chi connectivity index (χ0v) is 16.0. The molecule has 1 fully saturated rings. The summed E-state index contributed by atoms with van der Waals surface area (Å²) in [6.07, 6.45) is 4.59. The van der Waals surface area contributed by atoms with E-state index in [0.717, 1.165) is 30.4 Å². The Morgan fingerprint density at radius 3 is 2.58 bits per heavy atom. The van der Waals surface area contributed by atoms with Gasteiger partial charge < -0.3 is 4.57 Å². The van der Waals surface area contributed by atoms with Crippen LogP contribution >= 0.6 is 0 Å². The molecule has 0 bridgehead atoms. The van der Waals surface area contributed by atoms with Gasteiger partial charge in [0, 0.05) is 20.1 Å². The molecule has 142 valence electrons. The van der Waals surface area contributed by atoms with Crippen molar-refractivity contribution in [2.24, 2.45) is 14.1 Å². The van der Waals surface area contributed by atoms with E-state index in [-0.39, 0.29) is 12.3 Å². The van der Waals surface area contributed by atoms with Crippen LogP contribution in [0.25, 0.3) is 11.2 Å². The summed E-state index contributed by atoms with van der Waals surface area (Å²) in [6, 6.07) is 0.487. The Labute approximate surface area is 152 Å². The van der Waals surface area contributed by atoms with Crippen LogP contribution in [0.15, 0.2) is 9.59 Å². The maximum absolute atomic E-state index is 12.7. The highest BCUT2D eigenvalue weighted by Gasteiger charge is 2.25. The van der Waals surface area contributed by atoms with Gasteiger partial charge in [-0.25, -0.2) is 9.78 Å². The number of ketones is 1. The third kappa shape index (κ3) is 3.13. The standard InChI is InChI=1S/C18H27N5O3/c1-5-13-8-6-7-9-22(13)11-14-19-16-15(23(14)10-12(2)24)17(25)21(4)18(26)20(16)3/h13H,5-11H2,1-4H3. The normalized spacial score (nSPS) is 18.5. The van der Waals surface area contributed by atoms with Gasteiger partial charge in [0.1, 0.15) is 11.6 Å². The van der Waals surface area contributed by atoms with Gasteiger partial charge in [0.05, 0.1) is 13.1 Å². The number of aromatic nitrogens is 4. The molecule has 8 heteroatoms. The number of piperidine rings is 1. The topological polar surface area (TPSA) is 82.1 Å². The van der Waals surface area contributed by atoms with Gasteiger partial charge in [-0.05, 0) is 32.7 Å². The van der Waals surface area contributed by atoms with E-state index < -0.39 is 11.2 Å². The first kappa shape index (κ1) is 18.6. The van der Waals surface area contributed by atoms with Gasteiger partial charge in [-0.3, -0.25) is 23.6 Å². The lowest BCUT2D eigenvalue weighted by Gasteiger charge is -2.34. The third-order valence-corrected chi connectivity index (χ3v) is 5.37. The van der Waals surface area contributed by atoms with Gasteiger partial charge in [0.15, 0.2) is 11.2 Å². The molecule has 1 unspecified atom stereocenters. The van der Waals surface area contributed by atoms with E-state index in [2.05, 4.69) is 16.8 Å². The van der Waals surface area contributed by atoms with Crippen molar-refractivity contribution in [3.8, 4) is 0 Å². The summed E-state index contributed by atoms with van der Waals surface area (Å²) in [5, 5.41) is 0. The Morgan fingerprint density at radius 2 is 1.92 bits per heavy atom. The third-order valence-electron chi connectivity index (χ3n) is 5.37. The van der Waals surface area contributed by atoms with Crippen molar-refractivity contribution in [2.75, 3.05) is 6.54 Å². The van der Waals surface area contributed by atoms with Crippen LogP contribution in [-0.2, 0) is 32.0 Å². The minimum absolute atomic E-state index is 0.0489. The zero-order valence-electron chi connectivity index (χ0n) is 16.0. The number of fused-ring (bicyclic) bond motifs is 1. The predicted octanol–water partition coefficient (Wildman–Crippen LogP) is 0.787. The molecule has 1 saturated heterocycles. The molecule has 1 atom stereocenters. The summed E-state index contributed by atoms with van der Waals surface area (Å²) in [5.74, 6) is 0.626. The predicted molar refractivity (Wildman–Crippen MR) is 99.2 cm³/mol. The Hall–Kier alpha value is -2.22. The molecule has 0 aromatic carbocycles. The molecule has 1 aliphatic rings. The van der Waals surface area contributed by atoms with Gasteiger partial charge >= 0.3 is 5.69 Å². The largest absolute Gasteiger partial charge is 0.332 e. The number of likely N-dealkylation sites (tertiary alicyclic amines) is 1. The van der Waals surface area contributed by atoms with E-state index in [4.69, 9.17) is 0 Å². The second-order valence-corrected chi connectivity index (χ2v) is 7.22. The van der Waals surface area contributed by atoms with Crippen molar-refractivity contribution in [3.05, 3.63) is 26.7 Å². The lowest BCUT2D eigenvalue weighted by Crippen LogP contribution is -2.39. The van der Waals surface area contributed by atoms with Gasteiger partial charge in [-0.15, -0.1) is 0 Å². The molecule has 2 aromatic rings. The molecular formula is C18H27N5O3. The number of hydrogen-bond acceptors (Lipinski definition) is 5. The highest BCUT2D eigenvalue weighted by atomic mass is 16.2. The van der Waals surface area contributed by atoms with Gasteiger partial charge in [0.25, 0.3) is 5.56 Å². The van der Waals surface area contributed by atoms with Crippen LogP contribution in [0.2, 0.25) is 0 Å². The van der Waals surface area contributed by atoms with Crippen molar-refractivity contribution in [2.45, 2.75) is 58.7 Å². The number of aryl methyl sites for hydroxylation is 1. The number of nitrogens with zero attached hydrogens (tertiary/aromatic N) is 5. The fraction of sp³-hybridized carbons (Fsp3) is 0.667. The fourth-order valence-corrected chi connectivity index (χ4v) is 3.92. The van der Waals surface area contributed by atoms with Crippen molar-refractivity contribution in [1.29, 1.82) is 0 Å². The van der Waals surface area contributed by atoms with Crippen LogP contribution in [0.1, 0.15) is 45.4 Å². The minimum atomic E-state index is -0.411. The molecular weight excluding hydrogens is 334 g/mol. The smallest absolute Gasteiger partial charge is 0.314 e. The summed E-state index contributed by atoms with van der Waals surface area (Å²) in [7, 11) is 3.06. The van der Waals surface area contributed by atoms with Crippen LogP contribution in [0, 0.1) is 0 Å². The molecule has 3 heterocycles. The summed E-state index contributed by atoms with van der Waals surface area (Å²) in [4.78, 5) is 43.7. The van der Waals surface area contributed by atoms with Crippen LogP contribution < -0.4 is 11.2 Å². The van der Waals surface area contributed by atoms with E-state index in [9.17, 15) is 14.4 Å². The number of carbonyl (C=O) groups excluding carboxylic acids is 1. The molecule has 8 nitrogen and oxygen atoms in total. The lowest BCUT2D eigenvalue weighted by atomic mass is 10.0. The van der Waals surface area contributed by atoms with Gasteiger partial charge in [0.2, 0.25) is 0 Å². The van der Waals surface area contributed by atoms with Crippen molar-refractivity contribution >= 4 is 16.9 Å². The first-order chi connectivity index (χ1) is 12.3. The number of carbonyl (C=O) groups is 1. The van der Waals surface area contributed by atoms with Gasteiger partial charge in [-0.1, -0.05) is 13.3 Å². The summed E-state index contributed by atoms with van der Waals surface area (Å²) in [6.45, 7) is 5.33. The molecule has 0 radical (unpaired) electrons. The first-order valence-corrected chi connectivity index (χ1v) is 9.23. The fourth-order valence-electron chi connectivity index (χ4n) is 3.92. The van der Waals surface area contributed by atoms with E-state index in [1.807, 2.05) is 0 Å². The molecule has 0 amide bonds. The second-order valence-electron chi connectivity index (χ2n) is 7.22. The average molecular weight is 361 g/mol. The van der Waals surface area contributed by atoms with Crippen molar-refractivity contribution in [1.82, 2.24) is 23.6 Å². The van der Waals surface area contributed by atoms with Crippen LogP contribution in [0.3, 0.4) is 0 Å².